The third-order valence-electron chi connectivity index (χ3n) is 4.30. The van der Waals surface area contributed by atoms with Crippen LogP contribution in [0.25, 0.3) is 5.57 Å². The molecule has 0 amide bonds. The Morgan fingerprint density at radius 1 is 1.06 bits per heavy atom. The molecule has 2 aromatic rings. The van der Waals surface area contributed by atoms with Crippen molar-refractivity contribution < 1.29 is 19.8 Å². The monoisotopic (exact) mass is 517 g/mol. The fourth-order valence-corrected chi connectivity index (χ4v) is 6.36. The maximum absolute atomic E-state index is 9.10. The number of aliphatic carboxylic acids is 2. The third kappa shape index (κ3) is 9.94. The lowest BCUT2D eigenvalue weighted by Crippen LogP contribution is -2.25. The van der Waals surface area contributed by atoms with Crippen molar-refractivity contribution in [3.8, 4) is 0 Å². The Labute approximate surface area is 204 Å². The molecule has 13 heteroatoms. The van der Waals surface area contributed by atoms with Crippen molar-refractivity contribution in [2.75, 3.05) is 31.6 Å². The van der Waals surface area contributed by atoms with E-state index in [1.165, 1.54) is 43.0 Å². The molecule has 1 aliphatic heterocycles. The summed E-state index contributed by atoms with van der Waals surface area (Å²) in [7, 11) is 2.17. The number of thioether (sulfide) groups is 2. The molecule has 0 radical (unpaired) electrons. The van der Waals surface area contributed by atoms with Crippen molar-refractivity contribution in [3.63, 3.8) is 0 Å². The molecule has 0 fully saturated rings. The standard InChI is InChI=1S/C17H25N5S4.C2H2O4/c1-13-18-19-17(25-13)24-11-6-4-3-5-10-23-16-15(20-26-21-16)14-8-7-9-22(2)12-14;3-1(4)2(5)6/h8H,3-7,9-12H2,1-2H3;(H,3,4)(H,5,6). The maximum atomic E-state index is 9.10. The highest BCUT2D eigenvalue weighted by molar-refractivity contribution is 8.01. The second-order valence-electron chi connectivity index (χ2n) is 6.98. The molecule has 0 spiro atoms. The highest BCUT2D eigenvalue weighted by atomic mass is 32.2. The summed E-state index contributed by atoms with van der Waals surface area (Å²) >= 11 is 6.73. The second kappa shape index (κ2) is 14.6. The molecule has 1 aliphatic rings. The summed E-state index contributed by atoms with van der Waals surface area (Å²) in [6.45, 7) is 4.14. The van der Waals surface area contributed by atoms with Crippen LogP contribution < -0.4 is 0 Å². The molecule has 2 N–H and O–H groups in total. The molecule has 0 aromatic carbocycles. The predicted molar refractivity (Wildman–Crippen MR) is 130 cm³/mol. The van der Waals surface area contributed by atoms with Gasteiger partial charge in [0.25, 0.3) is 0 Å². The lowest BCUT2D eigenvalue weighted by atomic mass is 10.1. The lowest BCUT2D eigenvalue weighted by molar-refractivity contribution is -0.159. The van der Waals surface area contributed by atoms with Crippen LogP contribution in [0.1, 0.15) is 42.8 Å². The van der Waals surface area contributed by atoms with E-state index in [9.17, 15) is 0 Å². The van der Waals surface area contributed by atoms with Gasteiger partial charge in [0.2, 0.25) is 0 Å². The van der Waals surface area contributed by atoms with Crippen molar-refractivity contribution in [2.45, 2.75) is 48.4 Å². The van der Waals surface area contributed by atoms with Crippen LogP contribution in [-0.4, -0.2) is 77.6 Å². The van der Waals surface area contributed by atoms with Gasteiger partial charge in [-0.25, -0.2) is 9.59 Å². The summed E-state index contributed by atoms with van der Waals surface area (Å²) in [5, 5.41) is 25.2. The minimum absolute atomic E-state index is 0.991. The number of unbranched alkanes of at least 4 members (excludes halogenated alkanes) is 3. The average Bonchev–Trinajstić information content (AvgIpc) is 3.39. The van der Waals surface area contributed by atoms with E-state index in [-0.39, 0.29) is 0 Å². The fraction of sp³-hybridized carbons (Fsp3) is 0.579. The number of likely N-dealkylation sites (N-methyl/N-ethyl adjacent to an activating group) is 1. The number of aryl methyl sites for hydroxylation is 1. The predicted octanol–water partition coefficient (Wildman–Crippen LogP) is 4.02. The highest BCUT2D eigenvalue weighted by Crippen LogP contribution is 2.29. The van der Waals surface area contributed by atoms with E-state index in [0.29, 0.717) is 0 Å². The molecule has 32 heavy (non-hydrogen) atoms. The smallest absolute Gasteiger partial charge is 0.414 e. The minimum Gasteiger partial charge on any atom is -0.473 e. The zero-order chi connectivity index (χ0) is 23.3. The summed E-state index contributed by atoms with van der Waals surface area (Å²) in [4.78, 5) is 20.6. The first-order valence-electron chi connectivity index (χ1n) is 10.1. The van der Waals surface area contributed by atoms with Gasteiger partial charge >= 0.3 is 11.9 Å². The Kier molecular flexibility index (Phi) is 12.2. The van der Waals surface area contributed by atoms with Crippen LogP contribution in [-0.2, 0) is 9.59 Å². The Hall–Kier alpha value is -1.54. The first-order valence-corrected chi connectivity index (χ1v) is 13.6. The van der Waals surface area contributed by atoms with Crippen molar-refractivity contribution in [1.82, 2.24) is 23.8 Å². The van der Waals surface area contributed by atoms with E-state index in [1.54, 1.807) is 11.3 Å². The second-order valence-corrected chi connectivity index (χ2v) is 11.1. The van der Waals surface area contributed by atoms with Crippen molar-refractivity contribution >= 4 is 64.1 Å². The number of hydrogen-bond donors (Lipinski definition) is 2. The molecule has 0 saturated heterocycles. The number of carboxylic acids is 2. The quantitative estimate of drug-likeness (QED) is 0.269. The summed E-state index contributed by atoms with van der Waals surface area (Å²) in [5.41, 5.74) is 2.47. The van der Waals surface area contributed by atoms with E-state index in [1.807, 2.05) is 30.4 Å². The normalized spacial score (nSPS) is 13.9. The molecule has 0 saturated carbocycles. The van der Waals surface area contributed by atoms with Gasteiger partial charge in [0.15, 0.2) is 4.34 Å². The largest absolute Gasteiger partial charge is 0.473 e. The van der Waals surface area contributed by atoms with Crippen LogP contribution >= 0.6 is 46.6 Å². The molecule has 3 heterocycles. The number of carbonyl (C=O) groups is 2. The molecule has 176 valence electrons. The van der Waals surface area contributed by atoms with E-state index >= 15 is 0 Å². The molecule has 9 nitrogen and oxygen atoms in total. The maximum Gasteiger partial charge on any atom is 0.414 e. The van der Waals surface area contributed by atoms with Crippen LogP contribution in [0.3, 0.4) is 0 Å². The van der Waals surface area contributed by atoms with Crippen LogP contribution in [0, 0.1) is 6.92 Å². The summed E-state index contributed by atoms with van der Waals surface area (Å²) in [5.74, 6) is -1.38. The van der Waals surface area contributed by atoms with Crippen molar-refractivity contribution in [2.24, 2.45) is 0 Å². The minimum atomic E-state index is -1.82. The van der Waals surface area contributed by atoms with Crippen LogP contribution in [0.2, 0.25) is 0 Å². The number of rotatable bonds is 10. The molecule has 0 aliphatic carbocycles. The number of aromatic nitrogens is 4. The van der Waals surface area contributed by atoms with Gasteiger partial charge in [-0.05, 0) is 44.6 Å². The van der Waals surface area contributed by atoms with E-state index in [4.69, 9.17) is 19.8 Å². The Morgan fingerprint density at radius 2 is 1.75 bits per heavy atom. The first kappa shape index (κ1) is 26.7. The van der Waals surface area contributed by atoms with E-state index < -0.39 is 11.9 Å². The van der Waals surface area contributed by atoms with Crippen molar-refractivity contribution in [3.05, 3.63) is 16.8 Å². The third-order valence-corrected chi connectivity index (χ3v) is 8.05. The average molecular weight is 518 g/mol. The highest BCUT2D eigenvalue weighted by Gasteiger charge is 2.17. The summed E-state index contributed by atoms with van der Waals surface area (Å²) in [6.07, 6.45) is 8.49. The summed E-state index contributed by atoms with van der Waals surface area (Å²) < 4.78 is 10.2. The number of hydrogen-bond acceptors (Lipinski definition) is 11. The molecule has 2 aromatic heterocycles. The molecule has 0 unspecified atom stereocenters. The first-order chi connectivity index (χ1) is 15.4. The fourth-order valence-electron chi connectivity index (χ4n) is 2.76. The van der Waals surface area contributed by atoms with Crippen LogP contribution in [0.5, 0.6) is 0 Å². The zero-order valence-electron chi connectivity index (χ0n) is 18.0. The molecular formula is C19H27N5O4S4. The SMILES string of the molecule is Cc1nnc(SCCCCCCSc2nsnc2C2=CCCN(C)C2)s1.O=C(O)C(=O)O. The Balaban J connectivity index is 0.000000534. The topological polar surface area (TPSA) is 129 Å². The molecule has 3 rings (SSSR count). The van der Waals surface area contributed by atoms with Crippen LogP contribution in [0.15, 0.2) is 15.4 Å². The molecule has 0 atom stereocenters. The van der Waals surface area contributed by atoms with Gasteiger partial charge in [0.05, 0.1) is 11.7 Å². The van der Waals surface area contributed by atoms with Gasteiger partial charge in [-0.1, -0.05) is 42.0 Å². The zero-order valence-corrected chi connectivity index (χ0v) is 21.3. The number of carboxylic acid groups (broad SMARTS) is 2. The Morgan fingerprint density at radius 3 is 2.34 bits per heavy atom. The lowest BCUT2D eigenvalue weighted by Gasteiger charge is -2.22. The molecular weight excluding hydrogens is 491 g/mol. The van der Waals surface area contributed by atoms with Gasteiger partial charge in [-0.2, -0.15) is 8.75 Å². The molecule has 0 bridgehead atoms. The van der Waals surface area contributed by atoms with Gasteiger partial charge in [-0.15, -0.1) is 22.0 Å². The van der Waals surface area contributed by atoms with Gasteiger partial charge < -0.3 is 15.1 Å². The van der Waals surface area contributed by atoms with Gasteiger partial charge in [0.1, 0.15) is 15.7 Å². The van der Waals surface area contributed by atoms with E-state index in [0.717, 1.165) is 51.1 Å². The van der Waals surface area contributed by atoms with E-state index in [2.05, 4.69) is 37.0 Å². The number of nitrogens with zero attached hydrogens (tertiary/aromatic N) is 5. The van der Waals surface area contributed by atoms with Crippen LogP contribution in [0.4, 0.5) is 0 Å². The summed E-state index contributed by atoms with van der Waals surface area (Å²) in [6, 6.07) is 0. The van der Waals surface area contributed by atoms with Gasteiger partial charge in [0, 0.05) is 18.8 Å². The Bertz CT molecular complexity index is 890. The van der Waals surface area contributed by atoms with Gasteiger partial charge in [-0.3, -0.25) is 0 Å². The van der Waals surface area contributed by atoms with Crippen molar-refractivity contribution in [1.29, 1.82) is 0 Å².